The van der Waals surface area contributed by atoms with Crippen LogP contribution in [0, 0.1) is 0 Å². The van der Waals surface area contributed by atoms with E-state index in [-0.39, 0.29) is 0 Å². The Morgan fingerprint density at radius 2 is 1.83 bits per heavy atom. The molecule has 1 fully saturated rings. The van der Waals surface area contributed by atoms with E-state index in [9.17, 15) is 24.6 Å². The Hall–Kier alpha value is -1.79. The minimum absolute atomic E-state index is 0.547. The number of rotatable bonds is 6. The Labute approximate surface area is 131 Å². The summed E-state index contributed by atoms with van der Waals surface area (Å²) >= 11 is 0. The van der Waals surface area contributed by atoms with Crippen molar-refractivity contribution in [3.8, 4) is 0 Å². The number of hydrogen-bond donors (Lipinski definition) is 7. The second-order valence-corrected chi connectivity index (χ2v) is 5.20. The second kappa shape index (κ2) is 8.17. The number of aliphatic hydroxyl groups excluding tert-OH is 3. The molecular formula is C12H21N3O8. The molecule has 1 saturated heterocycles. The summed E-state index contributed by atoms with van der Waals surface area (Å²) < 4.78 is 5.25. The SMILES string of the molecule is CC(=O)N[C@H]1[C@@H](O)[C@@H](O)[C@H](CO)O[C@@H]1NC(=O)C[C@H](N)C(=O)O. The van der Waals surface area contributed by atoms with Crippen molar-refractivity contribution in [3.63, 3.8) is 0 Å². The van der Waals surface area contributed by atoms with Gasteiger partial charge in [0.1, 0.15) is 30.4 Å². The third kappa shape index (κ3) is 5.11. The highest BCUT2D eigenvalue weighted by Gasteiger charge is 2.45. The molecule has 0 spiro atoms. The van der Waals surface area contributed by atoms with Gasteiger partial charge in [0, 0.05) is 6.92 Å². The highest BCUT2D eigenvalue weighted by atomic mass is 16.5. The number of aliphatic carboxylic acids is 1. The van der Waals surface area contributed by atoms with Crippen LogP contribution >= 0.6 is 0 Å². The van der Waals surface area contributed by atoms with Crippen LogP contribution in [0.25, 0.3) is 0 Å². The van der Waals surface area contributed by atoms with E-state index in [1.807, 2.05) is 0 Å². The first-order valence-corrected chi connectivity index (χ1v) is 6.84. The van der Waals surface area contributed by atoms with Gasteiger partial charge in [0.05, 0.1) is 13.0 Å². The van der Waals surface area contributed by atoms with E-state index in [1.54, 1.807) is 0 Å². The number of amides is 2. The summed E-state index contributed by atoms with van der Waals surface area (Å²) in [7, 11) is 0. The lowest BCUT2D eigenvalue weighted by molar-refractivity contribution is -0.203. The third-order valence-corrected chi connectivity index (χ3v) is 3.32. The van der Waals surface area contributed by atoms with Crippen molar-refractivity contribution in [3.05, 3.63) is 0 Å². The molecule has 11 nitrogen and oxygen atoms in total. The zero-order valence-corrected chi connectivity index (χ0v) is 12.4. The molecule has 0 bridgehead atoms. The highest BCUT2D eigenvalue weighted by molar-refractivity contribution is 5.84. The third-order valence-electron chi connectivity index (χ3n) is 3.32. The van der Waals surface area contributed by atoms with Crippen LogP contribution < -0.4 is 16.4 Å². The van der Waals surface area contributed by atoms with Gasteiger partial charge >= 0.3 is 5.97 Å². The van der Waals surface area contributed by atoms with Gasteiger partial charge in [0.25, 0.3) is 0 Å². The van der Waals surface area contributed by atoms with Crippen molar-refractivity contribution in [1.29, 1.82) is 0 Å². The first-order chi connectivity index (χ1) is 10.7. The van der Waals surface area contributed by atoms with Crippen LogP contribution in [0.4, 0.5) is 0 Å². The van der Waals surface area contributed by atoms with Crippen LogP contribution in [0.5, 0.6) is 0 Å². The molecule has 1 rings (SSSR count). The first kappa shape index (κ1) is 19.3. The quantitative estimate of drug-likeness (QED) is 0.252. The van der Waals surface area contributed by atoms with Crippen molar-refractivity contribution in [2.45, 2.75) is 50.0 Å². The van der Waals surface area contributed by atoms with Crippen molar-refractivity contribution < 1.29 is 39.5 Å². The van der Waals surface area contributed by atoms with E-state index < -0.39 is 67.4 Å². The number of aliphatic hydroxyl groups is 3. The predicted octanol–water partition coefficient (Wildman–Crippen LogP) is -4.15. The number of carbonyl (C=O) groups is 3. The average molecular weight is 335 g/mol. The molecule has 6 atom stereocenters. The average Bonchev–Trinajstić information content (AvgIpc) is 2.46. The topological polar surface area (TPSA) is 191 Å². The minimum Gasteiger partial charge on any atom is -0.480 e. The summed E-state index contributed by atoms with van der Waals surface area (Å²) in [5.41, 5.74) is 5.24. The monoisotopic (exact) mass is 335 g/mol. The van der Waals surface area contributed by atoms with Gasteiger partial charge in [-0.1, -0.05) is 0 Å². The van der Waals surface area contributed by atoms with Gasteiger partial charge in [0.15, 0.2) is 6.23 Å². The smallest absolute Gasteiger partial charge is 0.321 e. The summed E-state index contributed by atoms with van der Waals surface area (Å²) in [6, 6.07) is -2.61. The molecule has 8 N–H and O–H groups in total. The van der Waals surface area contributed by atoms with Gasteiger partial charge in [-0.25, -0.2) is 0 Å². The minimum atomic E-state index is -1.51. The molecule has 11 heteroatoms. The van der Waals surface area contributed by atoms with Crippen molar-refractivity contribution in [2.24, 2.45) is 5.73 Å². The summed E-state index contributed by atoms with van der Waals surface area (Å²) in [6.07, 6.45) is -6.00. The summed E-state index contributed by atoms with van der Waals surface area (Å²) in [6.45, 7) is 0.530. The van der Waals surface area contributed by atoms with Crippen LogP contribution in [0.2, 0.25) is 0 Å². The molecule has 0 aliphatic carbocycles. The highest BCUT2D eigenvalue weighted by Crippen LogP contribution is 2.20. The zero-order chi connectivity index (χ0) is 17.7. The molecule has 0 aromatic carbocycles. The molecule has 132 valence electrons. The zero-order valence-electron chi connectivity index (χ0n) is 12.4. The summed E-state index contributed by atoms with van der Waals surface area (Å²) in [4.78, 5) is 33.6. The van der Waals surface area contributed by atoms with Gasteiger partial charge in [0.2, 0.25) is 11.8 Å². The molecule has 0 aromatic heterocycles. The number of ether oxygens (including phenoxy) is 1. The van der Waals surface area contributed by atoms with E-state index in [4.69, 9.17) is 20.7 Å². The van der Waals surface area contributed by atoms with Gasteiger partial charge in [-0.3, -0.25) is 14.4 Å². The van der Waals surface area contributed by atoms with Crippen molar-refractivity contribution >= 4 is 17.8 Å². The van der Waals surface area contributed by atoms with Crippen molar-refractivity contribution in [2.75, 3.05) is 6.61 Å². The van der Waals surface area contributed by atoms with Gasteiger partial charge in [-0.15, -0.1) is 0 Å². The van der Waals surface area contributed by atoms with E-state index in [1.165, 1.54) is 0 Å². The number of hydrogen-bond acceptors (Lipinski definition) is 8. The normalized spacial score (nSPS) is 32.0. The molecule has 1 aliphatic heterocycles. The maximum absolute atomic E-state index is 11.8. The lowest BCUT2D eigenvalue weighted by Gasteiger charge is -2.42. The van der Waals surface area contributed by atoms with Crippen LogP contribution in [-0.2, 0) is 19.1 Å². The molecule has 2 amide bonds. The predicted molar refractivity (Wildman–Crippen MR) is 73.7 cm³/mol. The maximum atomic E-state index is 11.8. The number of carboxylic acids is 1. The number of carbonyl (C=O) groups excluding carboxylic acids is 2. The van der Waals surface area contributed by atoms with Crippen LogP contribution in [0.3, 0.4) is 0 Å². The molecule has 0 saturated carbocycles. The standard InChI is InChI=1S/C12H21N3O8/c1-4(17)14-8-10(20)9(19)6(3-16)23-11(8)15-7(18)2-5(13)12(21)22/h5-6,8-11,16,19-20H,2-3,13H2,1H3,(H,14,17)(H,15,18)(H,21,22)/t5-,6-,8-,9-,10+,11-/m0/s1. The molecule has 1 heterocycles. The Morgan fingerprint density at radius 1 is 1.22 bits per heavy atom. The first-order valence-electron chi connectivity index (χ1n) is 6.84. The second-order valence-electron chi connectivity index (χ2n) is 5.20. The van der Waals surface area contributed by atoms with E-state index >= 15 is 0 Å². The van der Waals surface area contributed by atoms with Crippen LogP contribution in [0.15, 0.2) is 0 Å². The molecule has 1 aliphatic rings. The Bertz CT molecular complexity index is 460. The fourth-order valence-corrected chi connectivity index (χ4v) is 2.14. The fourth-order valence-electron chi connectivity index (χ4n) is 2.14. The van der Waals surface area contributed by atoms with Gasteiger partial charge in [-0.05, 0) is 0 Å². The van der Waals surface area contributed by atoms with E-state index in [0.29, 0.717) is 0 Å². The van der Waals surface area contributed by atoms with E-state index in [2.05, 4.69) is 10.6 Å². The van der Waals surface area contributed by atoms with Gasteiger partial charge < -0.3 is 41.5 Å². The number of nitrogens with one attached hydrogen (secondary N) is 2. The summed E-state index contributed by atoms with van der Waals surface area (Å²) in [5, 5.41) is 42.2. The molecule has 0 radical (unpaired) electrons. The van der Waals surface area contributed by atoms with E-state index in [0.717, 1.165) is 6.92 Å². The largest absolute Gasteiger partial charge is 0.480 e. The van der Waals surface area contributed by atoms with Gasteiger partial charge in [-0.2, -0.15) is 0 Å². The number of carboxylic acid groups (broad SMARTS) is 1. The fraction of sp³-hybridized carbons (Fsp3) is 0.750. The molecule has 0 unspecified atom stereocenters. The summed E-state index contributed by atoms with van der Waals surface area (Å²) in [5.74, 6) is -2.71. The molecule has 0 aromatic rings. The maximum Gasteiger partial charge on any atom is 0.321 e. The Morgan fingerprint density at radius 3 is 2.30 bits per heavy atom. The Kier molecular flexibility index (Phi) is 6.84. The lowest BCUT2D eigenvalue weighted by Crippen LogP contribution is -2.68. The lowest BCUT2D eigenvalue weighted by atomic mass is 9.95. The van der Waals surface area contributed by atoms with Crippen LogP contribution in [-0.4, -0.2) is 81.4 Å². The van der Waals surface area contributed by atoms with Crippen LogP contribution in [0.1, 0.15) is 13.3 Å². The molecule has 23 heavy (non-hydrogen) atoms. The number of nitrogens with two attached hydrogens (primary N) is 1. The Balaban J connectivity index is 2.82. The van der Waals surface area contributed by atoms with Crippen molar-refractivity contribution in [1.82, 2.24) is 10.6 Å². The molecular weight excluding hydrogens is 314 g/mol.